The van der Waals surface area contributed by atoms with Gasteiger partial charge in [-0.2, -0.15) is 0 Å². The Morgan fingerprint density at radius 2 is 1.72 bits per heavy atom. The largest absolute Gasteiger partial charge is 0.458 e. The van der Waals surface area contributed by atoms with E-state index in [0.29, 0.717) is 31.6 Å². The summed E-state index contributed by atoms with van der Waals surface area (Å²) in [6.07, 6.45) is -0.791. The third-order valence-corrected chi connectivity index (χ3v) is 13.5. The van der Waals surface area contributed by atoms with Crippen LogP contribution in [0, 0.1) is 34.5 Å². The monoisotopic (exact) mass is 657 g/mol. The third-order valence-electron chi connectivity index (χ3n) is 13.5. The fraction of sp³-hybridized carbons (Fsp3) is 0.778. The Kier molecular flexibility index (Phi) is 8.34. The number of rotatable bonds is 11. The summed E-state index contributed by atoms with van der Waals surface area (Å²) in [5.74, 6) is -2.42. The first kappa shape index (κ1) is 33.4. The average Bonchev–Trinajstić information content (AvgIpc) is 3.45. The van der Waals surface area contributed by atoms with Crippen molar-refractivity contribution in [1.29, 1.82) is 0 Å². The molecule has 11 heteroatoms. The minimum Gasteiger partial charge on any atom is -0.458 e. The normalized spacial score (nSPS) is 47.5. The highest BCUT2D eigenvalue weighted by atomic mass is 16.6. The van der Waals surface area contributed by atoms with Crippen molar-refractivity contribution >= 4 is 11.9 Å². The van der Waals surface area contributed by atoms with E-state index in [2.05, 4.69) is 11.9 Å². The molecule has 0 radical (unpaired) electrons. The first-order chi connectivity index (χ1) is 22.5. The number of ether oxygens (including phenoxy) is 6. The number of piperidine rings is 1. The van der Waals surface area contributed by atoms with Gasteiger partial charge in [-0.05, 0) is 37.9 Å². The maximum Gasteiger partial charge on any atom is 0.338 e. The van der Waals surface area contributed by atoms with Crippen molar-refractivity contribution in [2.45, 2.75) is 93.2 Å². The third kappa shape index (κ3) is 4.17. The van der Waals surface area contributed by atoms with Gasteiger partial charge in [-0.1, -0.05) is 31.5 Å². The van der Waals surface area contributed by atoms with Gasteiger partial charge in [0.15, 0.2) is 0 Å². The van der Waals surface area contributed by atoms with Crippen LogP contribution in [0.25, 0.3) is 0 Å². The summed E-state index contributed by atoms with van der Waals surface area (Å²) in [5, 5.41) is 24.8. The van der Waals surface area contributed by atoms with E-state index in [4.69, 9.17) is 28.4 Å². The molecule has 14 atom stereocenters. The summed E-state index contributed by atoms with van der Waals surface area (Å²) >= 11 is 0. The molecular weight excluding hydrogens is 606 g/mol. The number of carbonyl (C=O) groups excluding carboxylic acids is 2. The fourth-order valence-corrected chi connectivity index (χ4v) is 12.4. The molecule has 5 aliphatic carbocycles. The topological polar surface area (TPSA) is 133 Å². The maximum absolute atomic E-state index is 13.9. The maximum atomic E-state index is 13.9. The molecule has 6 aliphatic rings. The number of hydrogen-bond donors (Lipinski definition) is 2. The van der Waals surface area contributed by atoms with Gasteiger partial charge in [0.2, 0.25) is 0 Å². The summed E-state index contributed by atoms with van der Waals surface area (Å²) in [6.45, 7) is 2.90. The van der Waals surface area contributed by atoms with Crippen LogP contribution in [0.1, 0.15) is 55.8 Å². The van der Waals surface area contributed by atoms with E-state index in [9.17, 15) is 19.8 Å². The van der Waals surface area contributed by atoms with Crippen molar-refractivity contribution in [1.82, 2.24) is 4.90 Å². The summed E-state index contributed by atoms with van der Waals surface area (Å²) in [7, 11) is 8.67. The van der Waals surface area contributed by atoms with E-state index >= 15 is 0 Å². The zero-order valence-corrected chi connectivity index (χ0v) is 28.4. The summed E-state index contributed by atoms with van der Waals surface area (Å²) in [6, 6.07) is 8.58. The molecule has 1 aromatic carbocycles. The number of nitrogens with zero attached hydrogens (tertiary/aromatic N) is 1. The number of aliphatic hydroxyl groups is 2. The molecule has 0 amide bonds. The van der Waals surface area contributed by atoms with Crippen LogP contribution in [0.4, 0.5) is 0 Å². The van der Waals surface area contributed by atoms with Gasteiger partial charge in [0.25, 0.3) is 0 Å². The Hall–Kier alpha value is -2.12. The standard InChI is InChI=1S/C36H51NO10/c1-7-8-14-25(39)47-35-17-24(44-5)34(41)16-21(26(35)31(34)46-32(40)20-12-10-9-11-13-20)36-23(43-4)15-22(38)33(19-42-3)18-37(2)30(36)27(35)28(45-6)29(33)36/h9-13,21-24,26-31,38,41H,7-8,14-19H2,1-6H3/t21-,22-,23?,24+,26-,27+,28+,29-,30-,31-,33+,34-,35-,36+/m1/s1. The fourth-order valence-electron chi connectivity index (χ4n) is 12.4. The number of carbonyl (C=O) groups is 2. The second-order valence-corrected chi connectivity index (χ2v) is 15.2. The van der Waals surface area contributed by atoms with Crippen molar-refractivity contribution in [2.24, 2.45) is 34.5 Å². The first-order valence-electron chi connectivity index (χ1n) is 17.2. The van der Waals surface area contributed by atoms with Crippen molar-refractivity contribution in [3.8, 4) is 0 Å². The molecule has 1 heterocycles. The van der Waals surface area contributed by atoms with Crippen LogP contribution in [-0.2, 0) is 33.2 Å². The molecule has 11 nitrogen and oxygen atoms in total. The SMILES string of the molecule is CCCCC(=O)O[C@]12C[C@H](OC)[C@]3(O)C[C@H]([C@@H]1[C@H]3OC(=O)c1ccccc1)[C@@]13C(OC)C[C@@H](O)[C@@]4(COC)CN(C)[C@@H]1[C@@H]2[C@H](OC)[C@H]43. The highest BCUT2D eigenvalue weighted by Gasteiger charge is 2.90. The minimum absolute atomic E-state index is 0.177. The quantitative estimate of drug-likeness (QED) is 0.340. The van der Waals surface area contributed by atoms with Crippen LogP contribution >= 0.6 is 0 Å². The minimum atomic E-state index is -1.55. The van der Waals surface area contributed by atoms with E-state index in [1.165, 1.54) is 0 Å². The van der Waals surface area contributed by atoms with Gasteiger partial charge in [-0.15, -0.1) is 0 Å². The molecule has 1 saturated heterocycles. The Bertz CT molecular complexity index is 1360. The zero-order valence-electron chi connectivity index (χ0n) is 28.4. The molecule has 260 valence electrons. The van der Waals surface area contributed by atoms with Crippen LogP contribution in [0.15, 0.2) is 30.3 Å². The Balaban J connectivity index is 1.48. The highest BCUT2D eigenvalue weighted by molar-refractivity contribution is 5.89. The highest BCUT2D eigenvalue weighted by Crippen LogP contribution is 2.80. The summed E-state index contributed by atoms with van der Waals surface area (Å²) in [4.78, 5) is 30.0. The molecular formula is C36H51NO10. The molecule has 7 rings (SSSR count). The van der Waals surface area contributed by atoms with Gasteiger partial charge in [-0.25, -0.2) is 4.79 Å². The lowest BCUT2D eigenvalue weighted by molar-refractivity contribution is -0.298. The van der Waals surface area contributed by atoms with Crippen molar-refractivity contribution in [2.75, 3.05) is 48.6 Å². The summed E-state index contributed by atoms with van der Waals surface area (Å²) < 4.78 is 38.3. The molecule has 47 heavy (non-hydrogen) atoms. The van der Waals surface area contributed by atoms with E-state index in [1.54, 1.807) is 52.7 Å². The van der Waals surface area contributed by atoms with Gasteiger partial charge < -0.3 is 43.5 Å². The lowest BCUT2D eigenvalue weighted by Gasteiger charge is -2.69. The van der Waals surface area contributed by atoms with Crippen molar-refractivity contribution < 1.29 is 48.2 Å². The molecule has 0 aromatic heterocycles. The molecule has 1 unspecified atom stereocenters. The molecule has 1 aromatic rings. The van der Waals surface area contributed by atoms with Gasteiger partial charge in [0.05, 0.1) is 36.6 Å². The number of methoxy groups -OCH3 is 4. The predicted octanol–water partition coefficient (Wildman–Crippen LogP) is 2.46. The number of unbranched alkanes of at least 4 members (excludes halogenated alkanes) is 1. The number of aliphatic hydroxyl groups excluding tert-OH is 1. The van der Waals surface area contributed by atoms with Crippen LogP contribution in [-0.4, -0.2) is 123 Å². The van der Waals surface area contributed by atoms with Crippen LogP contribution in [0.3, 0.4) is 0 Å². The van der Waals surface area contributed by atoms with Crippen molar-refractivity contribution in [3.63, 3.8) is 0 Å². The van der Waals surface area contributed by atoms with E-state index < -0.39 is 70.4 Å². The Morgan fingerprint density at radius 3 is 2.36 bits per heavy atom. The predicted molar refractivity (Wildman–Crippen MR) is 168 cm³/mol. The van der Waals surface area contributed by atoms with E-state index in [0.717, 1.165) is 6.42 Å². The Morgan fingerprint density at radius 1 is 1.00 bits per heavy atom. The van der Waals surface area contributed by atoms with Crippen LogP contribution in [0.5, 0.6) is 0 Å². The van der Waals surface area contributed by atoms with Crippen molar-refractivity contribution in [3.05, 3.63) is 35.9 Å². The number of fused-ring (bicyclic) bond motifs is 2. The van der Waals surface area contributed by atoms with E-state index in [1.807, 2.05) is 13.0 Å². The molecule has 7 bridgehead atoms. The van der Waals surface area contributed by atoms with Crippen LogP contribution in [0.2, 0.25) is 0 Å². The number of hydrogen-bond acceptors (Lipinski definition) is 11. The van der Waals surface area contributed by atoms with Gasteiger partial charge >= 0.3 is 11.9 Å². The second kappa shape index (κ2) is 11.7. The number of benzene rings is 1. The van der Waals surface area contributed by atoms with Gasteiger partial charge in [0.1, 0.15) is 17.3 Å². The second-order valence-electron chi connectivity index (χ2n) is 15.2. The average molecular weight is 658 g/mol. The van der Waals surface area contributed by atoms with Gasteiger partial charge in [0, 0.05) is 88.9 Å². The molecule has 2 N–H and O–H groups in total. The molecule has 6 fully saturated rings. The van der Waals surface area contributed by atoms with Gasteiger partial charge in [-0.3, -0.25) is 4.79 Å². The number of likely N-dealkylation sites (tertiary alicyclic amines) is 1. The number of esters is 2. The van der Waals surface area contributed by atoms with E-state index in [-0.39, 0.29) is 43.1 Å². The lowest BCUT2D eigenvalue weighted by Crippen LogP contribution is -2.78. The summed E-state index contributed by atoms with van der Waals surface area (Å²) in [5.41, 5.74) is -3.75. The molecule has 5 saturated carbocycles. The smallest absolute Gasteiger partial charge is 0.338 e. The zero-order chi connectivity index (χ0) is 33.5. The Labute approximate surface area is 277 Å². The molecule has 1 spiro atoms. The lowest BCUT2D eigenvalue weighted by atomic mass is 9.42. The molecule has 1 aliphatic heterocycles. The van der Waals surface area contributed by atoms with Crippen LogP contribution < -0.4 is 0 Å². The first-order valence-corrected chi connectivity index (χ1v) is 17.2.